The summed E-state index contributed by atoms with van der Waals surface area (Å²) in [6.07, 6.45) is 5.62. The van der Waals surface area contributed by atoms with E-state index < -0.39 is 0 Å². The average molecular weight is 253 g/mol. The molecule has 2 fully saturated rings. The number of carbonyl (C=O) groups excluding carboxylic acids is 1. The van der Waals surface area contributed by atoms with Crippen LogP contribution in [0.25, 0.3) is 0 Å². The minimum Gasteiger partial charge on any atom is -0.371 e. The first-order valence-corrected chi connectivity index (χ1v) is 6.16. The van der Waals surface area contributed by atoms with Gasteiger partial charge in [0.1, 0.15) is 0 Å². The summed E-state index contributed by atoms with van der Waals surface area (Å²) < 4.78 is 5.70. The zero-order valence-electron chi connectivity index (χ0n) is 9.30. The molecule has 90 valence electrons. The summed E-state index contributed by atoms with van der Waals surface area (Å²) in [5, 5.41) is 0.413. The van der Waals surface area contributed by atoms with Gasteiger partial charge in [-0.1, -0.05) is 11.6 Å². The van der Waals surface area contributed by atoms with E-state index in [0.717, 1.165) is 12.8 Å². The van der Waals surface area contributed by atoms with Gasteiger partial charge in [-0.05, 0) is 18.9 Å². The molecule has 3 rings (SSSR count). The predicted molar refractivity (Wildman–Crippen MR) is 63.0 cm³/mol. The largest absolute Gasteiger partial charge is 0.371 e. The maximum absolute atomic E-state index is 12.3. The number of likely N-dealkylation sites (tertiary alicyclic amines) is 1. The average Bonchev–Trinajstić information content (AvgIpc) is 2.68. The van der Waals surface area contributed by atoms with Gasteiger partial charge in [0.05, 0.1) is 22.8 Å². The number of fused-ring (bicyclic) bond motifs is 2. The monoisotopic (exact) mass is 252 g/mol. The third kappa shape index (κ3) is 2.03. The Bertz CT molecular complexity index is 440. The molecule has 2 aliphatic rings. The molecule has 0 aliphatic carbocycles. The molecule has 1 aromatic heterocycles. The molecule has 0 aromatic carbocycles. The van der Waals surface area contributed by atoms with Crippen molar-refractivity contribution in [2.75, 3.05) is 13.1 Å². The Balaban J connectivity index is 1.81. The number of ether oxygens (including phenoxy) is 1. The lowest BCUT2D eigenvalue weighted by Gasteiger charge is -2.32. The van der Waals surface area contributed by atoms with Gasteiger partial charge < -0.3 is 9.64 Å². The van der Waals surface area contributed by atoms with Crippen LogP contribution in [0.4, 0.5) is 0 Å². The van der Waals surface area contributed by atoms with Gasteiger partial charge in [-0.3, -0.25) is 9.78 Å². The van der Waals surface area contributed by atoms with Crippen molar-refractivity contribution in [3.05, 3.63) is 29.0 Å². The Morgan fingerprint density at radius 2 is 2.12 bits per heavy atom. The number of pyridine rings is 1. The normalized spacial score (nSPS) is 27.2. The van der Waals surface area contributed by atoms with Crippen LogP contribution in [-0.2, 0) is 4.74 Å². The highest BCUT2D eigenvalue weighted by atomic mass is 35.5. The van der Waals surface area contributed by atoms with E-state index in [0.29, 0.717) is 23.7 Å². The summed E-state index contributed by atoms with van der Waals surface area (Å²) in [4.78, 5) is 18.0. The fraction of sp³-hybridized carbons (Fsp3) is 0.500. The summed E-state index contributed by atoms with van der Waals surface area (Å²) in [5.41, 5.74) is 0.531. The third-order valence-corrected chi connectivity index (χ3v) is 3.63. The molecule has 3 heterocycles. The zero-order valence-corrected chi connectivity index (χ0v) is 10.1. The molecule has 2 bridgehead atoms. The fourth-order valence-corrected chi connectivity index (χ4v) is 2.70. The van der Waals surface area contributed by atoms with Crippen molar-refractivity contribution in [1.29, 1.82) is 0 Å². The van der Waals surface area contributed by atoms with Crippen LogP contribution in [0, 0.1) is 0 Å². The topological polar surface area (TPSA) is 42.4 Å². The number of rotatable bonds is 1. The number of aromatic nitrogens is 1. The molecule has 2 aliphatic heterocycles. The molecule has 5 heteroatoms. The minimum absolute atomic E-state index is 0.0161. The van der Waals surface area contributed by atoms with E-state index >= 15 is 0 Å². The third-order valence-electron chi connectivity index (χ3n) is 3.33. The zero-order chi connectivity index (χ0) is 11.8. The first-order chi connectivity index (χ1) is 8.24. The maximum Gasteiger partial charge on any atom is 0.255 e. The molecule has 17 heavy (non-hydrogen) atoms. The lowest BCUT2D eigenvalue weighted by molar-refractivity contribution is -0.0303. The van der Waals surface area contributed by atoms with Crippen LogP contribution >= 0.6 is 11.6 Å². The summed E-state index contributed by atoms with van der Waals surface area (Å²) in [7, 11) is 0. The van der Waals surface area contributed by atoms with Crippen molar-refractivity contribution in [3.8, 4) is 0 Å². The number of hydrogen-bond acceptors (Lipinski definition) is 3. The number of morpholine rings is 1. The van der Waals surface area contributed by atoms with Gasteiger partial charge >= 0.3 is 0 Å². The van der Waals surface area contributed by atoms with Gasteiger partial charge in [0, 0.05) is 25.5 Å². The van der Waals surface area contributed by atoms with E-state index in [4.69, 9.17) is 16.3 Å². The lowest BCUT2D eigenvalue weighted by atomic mass is 10.2. The Kier molecular flexibility index (Phi) is 2.76. The molecule has 1 aromatic rings. The SMILES string of the molecule is O=C(c1ccncc1Cl)N1CC2CCC(C1)O2. The predicted octanol–water partition coefficient (Wildman–Crippen LogP) is 1.74. The van der Waals surface area contributed by atoms with Crippen LogP contribution in [0.1, 0.15) is 23.2 Å². The van der Waals surface area contributed by atoms with Gasteiger partial charge in [0.25, 0.3) is 5.91 Å². The van der Waals surface area contributed by atoms with Gasteiger partial charge in [0.2, 0.25) is 0 Å². The molecule has 2 saturated heterocycles. The van der Waals surface area contributed by atoms with Crippen molar-refractivity contribution in [2.45, 2.75) is 25.0 Å². The smallest absolute Gasteiger partial charge is 0.255 e. The summed E-state index contributed by atoms with van der Waals surface area (Å²) in [5.74, 6) is -0.0161. The number of hydrogen-bond donors (Lipinski definition) is 0. The van der Waals surface area contributed by atoms with Crippen LogP contribution < -0.4 is 0 Å². The van der Waals surface area contributed by atoms with Gasteiger partial charge in [-0.25, -0.2) is 0 Å². The standard InChI is InChI=1S/C12H13ClN2O2/c13-11-5-14-4-3-10(11)12(16)15-6-8-1-2-9(7-15)17-8/h3-5,8-9H,1-2,6-7H2. The Labute approximate surface area is 105 Å². The van der Waals surface area contributed by atoms with Crippen molar-refractivity contribution in [1.82, 2.24) is 9.88 Å². The number of halogens is 1. The Morgan fingerprint density at radius 1 is 1.41 bits per heavy atom. The van der Waals surface area contributed by atoms with Crippen molar-refractivity contribution in [3.63, 3.8) is 0 Å². The van der Waals surface area contributed by atoms with E-state index in [1.165, 1.54) is 6.20 Å². The van der Waals surface area contributed by atoms with E-state index in [9.17, 15) is 4.79 Å². The number of carbonyl (C=O) groups is 1. The van der Waals surface area contributed by atoms with Crippen molar-refractivity contribution in [2.24, 2.45) is 0 Å². The lowest BCUT2D eigenvalue weighted by Crippen LogP contribution is -2.45. The second-order valence-electron chi connectivity index (χ2n) is 4.52. The molecule has 2 unspecified atom stereocenters. The van der Waals surface area contributed by atoms with Crippen LogP contribution in [-0.4, -0.2) is 41.1 Å². The molecule has 2 atom stereocenters. The highest BCUT2D eigenvalue weighted by molar-refractivity contribution is 6.33. The van der Waals surface area contributed by atoms with E-state index in [1.807, 2.05) is 4.90 Å². The maximum atomic E-state index is 12.3. The summed E-state index contributed by atoms with van der Waals surface area (Å²) in [6.45, 7) is 1.35. The molecule has 4 nitrogen and oxygen atoms in total. The van der Waals surface area contributed by atoms with Crippen LogP contribution in [0.3, 0.4) is 0 Å². The molecule has 0 N–H and O–H groups in total. The summed E-state index contributed by atoms with van der Waals surface area (Å²) in [6, 6.07) is 1.67. The molecular formula is C12H13ClN2O2. The van der Waals surface area contributed by atoms with Gasteiger partial charge in [-0.15, -0.1) is 0 Å². The Morgan fingerprint density at radius 3 is 2.76 bits per heavy atom. The van der Waals surface area contributed by atoms with Crippen LogP contribution in [0.2, 0.25) is 5.02 Å². The Hall–Kier alpha value is -1.13. The molecule has 0 radical (unpaired) electrons. The van der Waals surface area contributed by atoms with Crippen LogP contribution in [0.5, 0.6) is 0 Å². The number of amides is 1. The molecule has 1 amide bonds. The van der Waals surface area contributed by atoms with Gasteiger partial charge in [0.15, 0.2) is 0 Å². The first-order valence-electron chi connectivity index (χ1n) is 5.78. The van der Waals surface area contributed by atoms with E-state index in [2.05, 4.69) is 4.98 Å². The first kappa shape index (κ1) is 11.0. The minimum atomic E-state index is -0.0161. The fourth-order valence-electron chi connectivity index (χ4n) is 2.50. The van der Waals surface area contributed by atoms with Gasteiger partial charge in [-0.2, -0.15) is 0 Å². The van der Waals surface area contributed by atoms with E-state index in [-0.39, 0.29) is 18.1 Å². The molecule has 0 saturated carbocycles. The van der Waals surface area contributed by atoms with Crippen LogP contribution in [0.15, 0.2) is 18.5 Å². The molecule has 0 spiro atoms. The summed E-state index contributed by atoms with van der Waals surface area (Å²) >= 11 is 5.99. The van der Waals surface area contributed by atoms with Crippen molar-refractivity contribution >= 4 is 17.5 Å². The van der Waals surface area contributed by atoms with Crippen molar-refractivity contribution < 1.29 is 9.53 Å². The number of nitrogens with zero attached hydrogens (tertiary/aromatic N) is 2. The second-order valence-corrected chi connectivity index (χ2v) is 4.93. The molecular weight excluding hydrogens is 240 g/mol. The second kappa shape index (κ2) is 4.27. The highest BCUT2D eigenvalue weighted by Gasteiger charge is 2.36. The van der Waals surface area contributed by atoms with E-state index in [1.54, 1.807) is 12.3 Å². The highest BCUT2D eigenvalue weighted by Crippen LogP contribution is 2.28. The quantitative estimate of drug-likeness (QED) is 0.765.